The molecule has 2 aromatic carbocycles. The van der Waals surface area contributed by atoms with Crippen molar-refractivity contribution in [3.05, 3.63) is 53.3 Å². The van der Waals surface area contributed by atoms with Crippen LogP contribution in [0.2, 0.25) is 0 Å². The van der Waals surface area contributed by atoms with E-state index < -0.39 is 0 Å². The molecule has 17 heavy (non-hydrogen) atoms. The van der Waals surface area contributed by atoms with Crippen molar-refractivity contribution in [1.29, 1.82) is 0 Å². The van der Waals surface area contributed by atoms with Crippen LogP contribution in [-0.4, -0.2) is 0 Å². The van der Waals surface area contributed by atoms with Gasteiger partial charge in [-0.2, -0.15) is 0 Å². The van der Waals surface area contributed by atoms with Gasteiger partial charge in [-0.25, -0.2) is 4.39 Å². The second-order valence-electron chi connectivity index (χ2n) is 4.58. The first-order valence-corrected chi connectivity index (χ1v) is 5.91. The first kappa shape index (κ1) is 10.3. The van der Waals surface area contributed by atoms with E-state index in [-0.39, 0.29) is 5.82 Å². The Labute approximate surface area is 100 Å². The Bertz CT molecular complexity index is 575. The standard InChI is InChI=1S/C15H14FN/c16-15-9-13(17)6-7-14(15)12-5-4-10-2-1-3-11(10)8-12/h4-9H,1-3,17H2. The van der Waals surface area contributed by atoms with Gasteiger partial charge in [0.15, 0.2) is 0 Å². The Morgan fingerprint density at radius 2 is 1.76 bits per heavy atom. The van der Waals surface area contributed by atoms with Crippen molar-refractivity contribution in [3.63, 3.8) is 0 Å². The van der Waals surface area contributed by atoms with Crippen molar-refractivity contribution >= 4 is 5.69 Å². The van der Waals surface area contributed by atoms with Crippen LogP contribution in [-0.2, 0) is 12.8 Å². The zero-order valence-electron chi connectivity index (χ0n) is 9.54. The van der Waals surface area contributed by atoms with Crippen molar-refractivity contribution in [2.75, 3.05) is 5.73 Å². The molecule has 1 nitrogen and oxygen atoms in total. The SMILES string of the molecule is Nc1ccc(-c2ccc3c(c2)CCC3)c(F)c1. The summed E-state index contributed by atoms with van der Waals surface area (Å²) in [6.07, 6.45) is 3.47. The molecule has 2 aromatic rings. The van der Waals surface area contributed by atoms with Gasteiger partial charge in [-0.05, 0) is 54.2 Å². The van der Waals surface area contributed by atoms with E-state index in [9.17, 15) is 4.39 Å². The number of hydrogen-bond donors (Lipinski definition) is 1. The van der Waals surface area contributed by atoms with Gasteiger partial charge in [0.05, 0.1) is 0 Å². The fraction of sp³-hybridized carbons (Fsp3) is 0.200. The van der Waals surface area contributed by atoms with E-state index >= 15 is 0 Å². The normalized spacial score (nSPS) is 13.7. The topological polar surface area (TPSA) is 26.0 Å². The molecular formula is C15H14FN. The van der Waals surface area contributed by atoms with E-state index in [1.165, 1.54) is 23.6 Å². The van der Waals surface area contributed by atoms with Gasteiger partial charge in [-0.15, -0.1) is 0 Å². The molecule has 1 aliphatic carbocycles. The van der Waals surface area contributed by atoms with Gasteiger partial charge >= 0.3 is 0 Å². The van der Waals surface area contributed by atoms with E-state index in [0.717, 1.165) is 18.4 Å². The predicted octanol–water partition coefficient (Wildman–Crippen LogP) is 3.56. The van der Waals surface area contributed by atoms with Crippen molar-refractivity contribution in [2.24, 2.45) is 0 Å². The number of aryl methyl sites for hydroxylation is 2. The zero-order valence-corrected chi connectivity index (χ0v) is 9.54. The Hall–Kier alpha value is -1.83. The van der Waals surface area contributed by atoms with E-state index in [4.69, 9.17) is 5.73 Å². The second kappa shape index (κ2) is 3.88. The minimum Gasteiger partial charge on any atom is -0.399 e. The predicted molar refractivity (Wildman–Crippen MR) is 68.3 cm³/mol. The maximum Gasteiger partial charge on any atom is 0.133 e. The minimum absolute atomic E-state index is 0.247. The van der Waals surface area contributed by atoms with Gasteiger partial charge in [-0.1, -0.05) is 18.2 Å². The molecule has 0 saturated heterocycles. The summed E-state index contributed by atoms with van der Waals surface area (Å²) >= 11 is 0. The summed E-state index contributed by atoms with van der Waals surface area (Å²) in [7, 11) is 0. The Morgan fingerprint density at radius 3 is 2.59 bits per heavy atom. The third-order valence-corrected chi connectivity index (χ3v) is 3.40. The number of benzene rings is 2. The number of nitrogen functional groups attached to an aromatic ring is 1. The van der Waals surface area contributed by atoms with Crippen LogP contribution < -0.4 is 5.73 Å². The Morgan fingerprint density at radius 1 is 0.941 bits per heavy atom. The summed E-state index contributed by atoms with van der Waals surface area (Å²) in [6, 6.07) is 11.1. The number of anilines is 1. The average molecular weight is 227 g/mol. The highest BCUT2D eigenvalue weighted by Crippen LogP contribution is 2.30. The highest BCUT2D eigenvalue weighted by atomic mass is 19.1. The van der Waals surface area contributed by atoms with Crippen LogP contribution in [0.4, 0.5) is 10.1 Å². The van der Waals surface area contributed by atoms with E-state index in [1.54, 1.807) is 12.1 Å². The Kier molecular flexibility index (Phi) is 2.36. The molecule has 3 rings (SSSR count). The van der Waals surface area contributed by atoms with Crippen LogP contribution in [0.25, 0.3) is 11.1 Å². The van der Waals surface area contributed by atoms with Crippen molar-refractivity contribution in [2.45, 2.75) is 19.3 Å². The van der Waals surface area contributed by atoms with Crippen LogP contribution in [0, 0.1) is 5.82 Å². The summed E-state index contributed by atoms with van der Waals surface area (Å²) in [4.78, 5) is 0. The largest absolute Gasteiger partial charge is 0.399 e. The van der Waals surface area contributed by atoms with Gasteiger partial charge in [-0.3, -0.25) is 0 Å². The lowest BCUT2D eigenvalue weighted by atomic mass is 10.00. The van der Waals surface area contributed by atoms with E-state index in [2.05, 4.69) is 12.1 Å². The Balaban J connectivity index is 2.09. The summed E-state index contributed by atoms with van der Waals surface area (Å²) in [5.41, 5.74) is 10.4. The maximum atomic E-state index is 13.8. The first-order chi connectivity index (χ1) is 8.24. The first-order valence-electron chi connectivity index (χ1n) is 5.91. The molecule has 0 heterocycles. The van der Waals surface area contributed by atoms with E-state index in [1.807, 2.05) is 6.07 Å². The monoisotopic (exact) mass is 227 g/mol. The lowest BCUT2D eigenvalue weighted by molar-refractivity contribution is 0.632. The highest BCUT2D eigenvalue weighted by Gasteiger charge is 2.13. The molecule has 0 saturated carbocycles. The summed E-state index contributed by atoms with van der Waals surface area (Å²) in [6.45, 7) is 0. The fourth-order valence-electron chi connectivity index (χ4n) is 2.50. The van der Waals surface area contributed by atoms with Crippen LogP contribution in [0.15, 0.2) is 36.4 Å². The van der Waals surface area contributed by atoms with Crippen molar-refractivity contribution < 1.29 is 4.39 Å². The summed E-state index contributed by atoms with van der Waals surface area (Å²) in [5.74, 6) is -0.247. The molecule has 0 unspecified atom stereocenters. The van der Waals surface area contributed by atoms with Crippen LogP contribution >= 0.6 is 0 Å². The van der Waals surface area contributed by atoms with Gasteiger partial charge in [0.2, 0.25) is 0 Å². The van der Waals surface area contributed by atoms with Gasteiger partial charge < -0.3 is 5.73 Å². The maximum absolute atomic E-state index is 13.8. The van der Waals surface area contributed by atoms with Crippen LogP contribution in [0.1, 0.15) is 17.5 Å². The number of nitrogens with two attached hydrogens (primary N) is 1. The van der Waals surface area contributed by atoms with Gasteiger partial charge in [0.25, 0.3) is 0 Å². The molecule has 0 bridgehead atoms. The number of halogens is 1. The summed E-state index contributed by atoms with van der Waals surface area (Å²) < 4.78 is 13.8. The molecule has 0 radical (unpaired) electrons. The molecule has 2 heteroatoms. The molecule has 0 aromatic heterocycles. The lowest BCUT2D eigenvalue weighted by Crippen LogP contribution is -1.91. The molecule has 0 amide bonds. The third kappa shape index (κ3) is 1.80. The second-order valence-corrected chi connectivity index (χ2v) is 4.58. The van der Waals surface area contributed by atoms with Crippen molar-refractivity contribution in [1.82, 2.24) is 0 Å². The van der Waals surface area contributed by atoms with Crippen molar-refractivity contribution in [3.8, 4) is 11.1 Å². The number of rotatable bonds is 1. The molecule has 1 aliphatic rings. The molecule has 0 aliphatic heterocycles. The quantitative estimate of drug-likeness (QED) is 0.740. The fourth-order valence-corrected chi connectivity index (χ4v) is 2.50. The van der Waals surface area contributed by atoms with Gasteiger partial charge in [0, 0.05) is 11.3 Å². The molecule has 2 N–H and O–H groups in total. The van der Waals surface area contributed by atoms with Crippen LogP contribution in [0.5, 0.6) is 0 Å². The molecular weight excluding hydrogens is 213 g/mol. The molecule has 0 spiro atoms. The molecule has 0 fully saturated rings. The average Bonchev–Trinajstić information content (AvgIpc) is 2.75. The number of hydrogen-bond acceptors (Lipinski definition) is 1. The van der Waals surface area contributed by atoms with Gasteiger partial charge in [0.1, 0.15) is 5.82 Å². The third-order valence-electron chi connectivity index (χ3n) is 3.40. The summed E-state index contributed by atoms with van der Waals surface area (Å²) in [5, 5.41) is 0. The zero-order chi connectivity index (χ0) is 11.8. The highest BCUT2D eigenvalue weighted by molar-refractivity contribution is 5.67. The minimum atomic E-state index is -0.247. The smallest absolute Gasteiger partial charge is 0.133 e. The molecule has 0 atom stereocenters. The number of fused-ring (bicyclic) bond motifs is 1. The van der Waals surface area contributed by atoms with Crippen LogP contribution in [0.3, 0.4) is 0 Å². The lowest BCUT2D eigenvalue weighted by Gasteiger charge is -2.07. The molecule has 86 valence electrons. The van der Waals surface area contributed by atoms with E-state index in [0.29, 0.717) is 11.3 Å².